The second-order valence-corrected chi connectivity index (χ2v) is 8.02. The molecule has 1 fully saturated rings. The highest BCUT2D eigenvalue weighted by Gasteiger charge is 2.20. The molecule has 8 heteroatoms. The molecule has 0 saturated carbocycles. The number of rotatable bonds is 10. The second-order valence-electron chi connectivity index (χ2n) is 8.02. The maximum Gasteiger partial charge on any atom is 0.222 e. The Kier molecular flexibility index (Phi) is 11.0. The number of halogens is 1. The Morgan fingerprint density at radius 1 is 1.19 bits per heavy atom. The number of nitrogens with zero attached hydrogens (tertiary/aromatic N) is 3. The van der Waals surface area contributed by atoms with E-state index < -0.39 is 0 Å². The third-order valence-corrected chi connectivity index (χ3v) is 5.71. The first kappa shape index (κ1) is 26.2. The van der Waals surface area contributed by atoms with Gasteiger partial charge >= 0.3 is 0 Å². The van der Waals surface area contributed by atoms with E-state index in [2.05, 4.69) is 47.8 Å². The van der Waals surface area contributed by atoms with E-state index in [4.69, 9.17) is 9.52 Å². The van der Waals surface area contributed by atoms with Crippen molar-refractivity contribution < 1.29 is 9.32 Å². The fourth-order valence-electron chi connectivity index (χ4n) is 3.91. The van der Waals surface area contributed by atoms with E-state index in [1.807, 2.05) is 24.0 Å². The van der Waals surface area contributed by atoms with Gasteiger partial charge in [-0.05, 0) is 37.3 Å². The Balaban J connectivity index is 0.00000363. The SMILES string of the molecule is CCNC(=NCc1cccc(CN2CCCC2=O)c1)NCc1cc(C(CC)CC)no1.I. The van der Waals surface area contributed by atoms with E-state index >= 15 is 0 Å². The van der Waals surface area contributed by atoms with Crippen LogP contribution in [0.25, 0.3) is 0 Å². The number of hydrogen-bond donors (Lipinski definition) is 2. The van der Waals surface area contributed by atoms with Gasteiger partial charge in [-0.15, -0.1) is 24.0 Å². The number of hydrogen-bond acceptors (Lipinski definition) is 4. The average molecular weight is 553 g/mol. The van der Waals surface area contributed by atoms with E-state index in [-0.39, 0.29) is 29.9 Å². The molecule has 1 aromatic heterocycles. The van der Waals surface area contributed by atoms with Gasteiger partial charge in [0.2, 0.25) is 5.91 Å². The molecule has 176 valence electrons. The largest absolute Gasteiger partial charge is 0.359 e. The summed E-state index contributed by atoms with van der Waals surface area (Å²) < 4.78 is 5.50. The number of nitrogens with one attached hydrogen (secondary N) is 2. The summed E-state index contributed by atoms with van der Waals surface area (Å²) in [5, 5.41) is 10.8. The molecule has 1 aromatic carbocycles. The number of likely N-dealkylation sites (tertiary alicyclic amines) is 1. The molecule has 2 N–H and O–H groups in total. The lowest BCUT2D eigenvalue weighted by molar-refractivity contribution is -0.128. The summed E-state index contributed by atoms with van der Waals surface area (Å²) in [5.74, 6) is 2.25. The molecular weight excluding hydrogens is 517 g/mol. The second kappa shape index (κ2) is 13.4. The van der Waals surface area contributed by atoms with Gasteiger partial charge in [0.1, 0.15) is 0 Å². The molecule has 3 rings (SSSR count). The summed E-state index contributed by atoms with van der Waals surface area (Å²) in [6, 6.07) is 10.4. The van der Waals surface area contributed by atoms with Crippen LogP contribution in [-0.4, -0.2) is 35.0 Å². The van der Waals surface area contributed by atoms with Crippen LogP contribution in [0.3, 0.4) is 0 Å². The first-order valence-corrected chi connectivity index (χ1v) is 11.5. The van der Waals surface area contributed by atoms with Crippen molar-refractivity contribution in [1.29, 1.82) is 0 Å². The number of aliphatic imine (C=N–C) groups is 1. The molecule has 1 saturated heterocycles. The number of amides is 1. The molecule has 2 heterocycles. The number of aromatic nitrogens is 1. The smallest absolute Gasteiger partial charge is 0.222 e. The molecular formula is C24H36IN5O2. The van der Waals surface area contributed by atoms with Gasteiger partial charge in [-0.1, -0.05) is 43.3 Å². The van der Waals surface area contributed by atoms with Crippen LogP contribution in [0.4, 0.5) is 0 Å². The molecule has 0 aliphatic carbocycles. The molecule has 0 spiro atoms. The maximum absolute atomic E-state index is 11.9. The van der Waals surface area contributed by atoms with Crippen LogP contribution in [0, 0.1) is 0 Å². The standard InChI is InChI=1S/C24H35N5O2.HI/c1-4-20(5-2)22-14-21(31-28-22)16-27-24(25-6-3)26-15-18-9-7-10-19(13-18)17-29-12-8-11-23(29)30;/h7,9-10,13-14,20H,4-6,8,11-12,15-17H2,1-3H3,(H2,25,26,27);1H. The summed E-state index contributed by atoms with van der Waals surface area (Å²) in [6.45, 7) is 9.81. The minimum atomic E-state index is 0. The van der Waals surface area contributed by atoms with Gasteiger partial charge in [-0.2, -0.15) is 0 Å². The fourth-order valence-corrected chi connectivity index (χ4v) is 3.91. The number of guanidine groups is 1. The van der Waals surface area contributed by atoms with Gasteiger partial charge < -0.3 is 20.1 Å². The molecule has 0 radical (unpaired) electrons. The van der Waals surface area contributed by atoms with Gasteiger partial charge in [-0.25, -0.2) is 4.99 Å². The highest BCUT2D eigenvalue weighted by atomic mass is 127. The van der Waals surface area contributed by atoms with E-state index in [1.165, 1.54) is 0 Å². The Bertz CT molecular complexity index is 879. The zero-order valence-corrected chi connectivity index (χ0v) is 21.7. The van der Waals surface area contributed by atoms with Crippen molar-refractivity contribution in [2.75, 3.05) is 13.1 Å². The maximum atomic E-state index is 11.9. The lowest BCUT2D eigenvalue weighted by Gasteiger charge is -2.16. The fraction of sp³-hybridized carbons (Fsp3) is 0.542. The van der Waals surface area contributed by atoms with Crippen LogP contribution >= 0.6 is 24.0 Å². The molecule has 32 heavy (non-hydrogen) atoms. The van der Waals surface area contributed by atoms with Crippen molar-refractivity contribution in [2.45, 2.75) is 72.0 Å². The monoisotopic (exact) mass is 553 g/mol. The molecule has 1 aliphatic rings. The predicted octanol–water partition coefficient (Wildman–Crippen LogP) is 4.57. The topological polar surface area (TPSA) is 82.8 Å². The third-order valence-electron chi connectivity index (χ3n) is 5.71. The summed E-state index contributed by atoms with van der Waals surface area (Å²) in [6.07, 6.45) is 3.76. The van der Waals surface area contributed by atoms with Crippen molar-refractivity contribution in [2.24, 2.45) is 4.99 Å². The van der Waals surface area contributed by atoms with Crippen LogP contribution < -0.4 is 10.6 Å². The van der Waals surface area contributed by atoms with Crippen molar-refractivity contribution >= 4 is 35.8 Å². The Hall–Kier alpha value is -2.10. The normalized spacial score (nSPS) is 14.1. The summed E-state index contributed by atoms with van der Waals surface area (Å²) in [7, 11) is 0. The Labute approximate surface area is 208 Å². The van der Waals surface area contributed by atoms with E-state index in [0.29, 0.717) is 32.0 Å². The van der Waals surface area contributed by atoms with Crippen molar-refractivity contribution in [3.8, 4) is 0 Å². The molecule has 1 aliphatic heterocycles. The number of carbonyl (C=O) groups is 1. The van der Waals surface area contributed by atoms with Crippen LogP contribution in [-0.2, 0) is 24.4 Å². The zero-order valence-electron chi connectivity index (χ0n) is 19.4. The highest BCUT2D eigenvalue weighted by molar-refractivity contribution is 14.0. The molecule has 2 aromatic rings. The van der Waals surface area contributed by atoms with Gasteiger partial charge in [0.15, 0.2) is 11.7 Å². The molecule has 0 unspecified atom stereocenters. The first-order valence-electron chi connectivity index (χ1n) is 11.5. The summed E-state index contributed by atoms with van der Waals surface area (Å²) in [4.78, 5) is 18.5. The van der Waals surface area contributed by atoms with E-state index in [9.17, 15) is 4.79 Å². The first-order chi connectivity index (χ1) is 15.1. The third kappa shape index (κ3) is 7.50. The Morgan fingerprint density at radius 3 is 2.66 bits per heavy atom. The van der Waals surface area contributed by atoms with Gasteiger partial charge in [0.25, 0.3) is 0 Å². The average Bonchev–Trinajstić information content (AvgIpc) is 3.41. The lowest BCUT2D eigenvalue weighted by Crippen LogP contribution is -2.36. The lowest BCUT2D eigenvalue weighted by atomic mass is 9.99. The minimum absolute atomic E-state index is 0. The Morgan fingerprint density at radius 2 is 1.97 bits per heavy atom. The van der Waals surface area contributed by atoms with Crippen LogP contribution in [0.1, 0.15) is 75.0 Å². The quantitative estimate of drug-likeness (QED) is 0.256. The molecule has 0 atom stereocenters. The van der Waals surface area contributed by atoms with Crippen molar-refractivity contribution in [3.05, 3.63) is 52.9 Å². The highest BCUT2D eigenvalue weighted by Crippen LogP contribution is 2.22. The van der Waals surface area contributed by atoms with Crippen LogP contribution in [0.2, 0.25) is 0 Å². The predicted molar refractivity (Wildman–Crippen MR) is 138 cm³/mol. The van der Waals surface area contributed by atoms with E-state index in [1.54, 1.807) is 0 Å². The van der Waals surface area contributed by atoms with Crippen LogP contribution in [0.15, 0.2) is 39.8 Å². The summed E-state index contributed by atoms with van der Waals surface area (Å²) in [5.41, 5.74) is 3.30. The van der Waals surface area contributed by atoms with Crippen molar-refractivity contribution in [1.82, 2.24) is 20.7 Å². The minimum Gasteiger partial charge on any atom is -0.359 e. The van der Waals surface area contributed by atoms with Gasteiger partial charge in [0.05, 0.1) is 18.8 Å². The molecule has 1 amide bonds. The number of carbonyl (C=O) groups excluding carboxylic acids is 1. The van der Waals surface area contributed by atoms with E-state index in [0.717, 1.165) is 60.9 Å². The molecule has 7 nitrogen and oxygen atoms in total. The number of benzene rings is 1. The summed E-state index contributed by atoms with van der Waals surface area (Å²) >= 11 is 0. The van der Waals surface area contributed by atoms with Crippen LogP contribution in [0.5, 0.6) is 0 Å². The van der Waals surface area contributed by atoms with Crippen molar-refractivity contribution in [3.63, 3.8) is 0 Å². The zero-order chi connectivity index (χ0) is 22.1. The molecule has 0 bridgehead atoms. The van der Waals surface area contributed by atoms with Gasteiger partial charge in [0, 0.05) is 38.0 Å². The van der Waals surface area contributed by atoms with Gasteiger partial charge in [-0.3, -0.25) is 4.79 Å².